The number of rotatable bonds is 7. The van der Waals surface area contributed by atoms with E-state index < -0.39 is 0 Å². The summed E-state index contributed by atoms with van der Waals surface area (Å²) in [5.41, 5.74) is 10.7. The molecular formula is C8H16N2OS2. The normalized spacial score (nSPS) is 18.5. The van der Waals surface area contributed by atoms with Gasteiger partial charge in [0.15, 0.2) is 0 Å². The molecule has 1 rings (SSSR count). The van der Waals surface area contributed by atoms with Crippen molar-refractivity contribution in [3.63, 3.8) is 0 Å². The van der Waals surface area contributed by atoms with Crippen LogP contribution in [0.5, 0.6) is 0 Å². The molecule has 0 aromatic rings. The van der Waals surface area contributed by atoms with Crippen molar-refractivity contribution >= 4 is 27.5 Å². The van der Waals surface area contributed by atoms with E-state index in [0.29, 0.717) is 11.1 Å². The highest BCUT2D eigenvalue weighted by Gasteiger charge is 2.29. The van der Waals surface area contributed by atoms with Crippen molar-refractivity contribution in [2.24, 2.45) is 17.4 Å². The fourth-order valence-electron chi connectivity index (χ4n) is 1.26. The number of nitrogens with two attached hydrogens (primary N) is 2. The van der Waals surface area contributed by atoms with Crippen LogP contribution in [0.1, 0.15) is 25.7 Å². The summed E-state index contributed by atoms with van der Waals surface area (Å²) in [4.78, 5) is 11.0. The smallest absolute Gasteiger partial charge is 0.220 e. The van der Waals surface area contributed by atoms with Crippen molar-refractivity contribution < 1.29 is 4.79 Å². The lowest BCUT2D eigenvalue weighted by Crippen LogP contribution is -2.24. The van der Waals surface area contributed by atoms with Crippen molar-refractivity contribution in [1.29, 1.82) is 0 Å². The number of carbonyl (C=O) groups is 1. The topological polar surface area (TPSA) is 69.1 Å². The Morgan fingerprint density at radius 3 is 2.54 bits per heavy atom. The van der Waals surface area contributed by atoms with Crippen LogP contribution in [0, 0.1) is 5.92 Å². The molecule has 1 atom stereocenters. The van der Waals surface area contributed by atoms with E-state index in [1.807, 2.05) is 21.6 Å². The Hall–Kier alpha value is 0.130. The molecule has 0 unspecified atom stereocenters. The molecule has 76 valence electrons. The maximum absolute atomic E-state index is 11.0. The second kappa shape index (κ2) is 5.78. The fourth-order valence-corrected chi connectivity index (χ4v) is 2.67. The molecule has 1 saturated heterocycles. The van der Waals surface area contributed by atoms with Crippen molar-refractivity contribution in [2.45, 2.75) is 30.3 Å². The van der Waals surface area contributed by atoms with Gasteiger partial charge in [0, 0.05) is 5.92 Å². The maximum Gasteiger partial charge on any atom is 0.220 e. The third kappa shape index (κ3) is 4.78. The monoisotopic (exact) mass is 220 g/mol. The minimum atomic E-state index is -0.148. The highest BCUT2D eigenvalue weighted by atomic mass is 33.2. The highest BCUT2D eigenvalue weighted by molar-refractivity contribution is 8.92. The van der Waals surface area contributed by atoms with E-state index in [1.165, 1.54) is 0 Å². The molecule has 0 bridgehead atoms. The van der Waals surface area contributed by atoms with E-state index >= 15 is 0 Å². The Kier molecular flexibility index (Phi) is 4.98. The number of amides is 1. The first-order valence-electron chi connectivity index (χ1n) is 4.55. The van der Waals surface area contributed by atoms with E-state index in [1.54, 1.807) is 0 Å². The summed E-state index contributed by atoms with van der Waals surface area (Å²) in [5, 5.41) is 0. The lowest BCUT2D eigenvalue weighted by Gasteiger charge is -2.10. The average Bonchev–Trinajstić information content (AvgIpc) is 2.86. The molecule has 0 saturated carbocycles. The van der Waals surface area contributed by atoms with Crippen LogP contribution in [0.4, 0.5) is 0 Å². The largest absolute Gasteiger partial charge is 0.369 e. The van der Waals surface area contributed by atoms with E-state index in [9.17, 15) is 4.79 Å². The maximum atomic E-state index is 11.0. The zero-order valence-corrected chi connectivity index (χ0v) is 9.20. The minimum absolute atomic E-state index is 0.0686. The van der Waals surface area contributed by atoms with Crippen molar-refractivity contribution in [2.75, 3.05) is 6.54 Å². The van der Waals surface area contributed by atoms with Crippen LogP contribution in [0.3, 0.4) is 0 Å². The van der Waals surface area contributed by atoms with Crippen LogP contribution in [0.2, 0.25) is 0 Å². The number of unbranched alkanes of at least 4 members (excludes halogenated alkanes) is 1. The lowest BCUT2D eigenvalue weighted by molar-refractivity contribution is -0.122. The summed E-state index contributed by atoms with van der Waals surface area (Å²) in [6.45, 7) is 0.707. The number of primary amides is 1. The Morgan fingerprint density at radius 2 is 2.08 bits per heavy atom. The molecule has 0 aliphatic carbocycles. The molecule has 1 aliphatic heterocycles. The van der Waals surface area contributed by atoms with Crippen molar-refractivity contribution in [1.82, 2.24) is 0 Å². The van der Waals surface area contributed by atoms with E-state index in [0.717, 1.165) is 25.7 Å². The van der Waals surface area contributed by atoms with E-state index in [-0.39, 0.29) is 11.8 Å². The minimum Gasteiger partial charge on any atom is -0.369 e. The van der Waals surface area contributed by atoms with Gasteiger partial charge in [-0.05, 0) is 25.8 Å². The Morgan fingerprint density at radius 1 is 1.38 bits per heavy atom. The molecule has 1 amide bonds. The predicted molar refractivity (Wildman–Crippen MR) is 59.2 cm³/mol. The molecule has 5 heteroatoms. The van der Waals surface area contributed by atoms with Gasteiger partial charge in [-0.25, -0.2) is 0 Å². The molecule has 1 fully saturated rings. The molecule has 0 radical (unpaired) electrons. The van der Waals surface area contributed by atoms with Crippen LogP contribution in [0.15, 0.2) is 0 Å². The van der Waals surface area contributed by atoms with Gasteiger partial charge in [-0.3, -0.25) is 4.79 Å². The summed E-state index contributed by atoms with van der Waals surface area (Å²) in [6, 6.07) is 0. The Labute approximate surface area is 86.8 Å². The second-order valence-corrected chi connectivity index (χ2v) is 6.22. The molecule has 0 aromatic carbocycles. The van der Waals surface area contributed by atoms with E-state index in [2.05, 4.69) is 0 Å². The third-order valence-electron chi connectivity index (χ3n) is 2.12. The van der Waals surface area contributed by atoms with Crippen LogP contribution < -0.4 is 11.5 Å². The molecule has 0 aromatic heterocycles. The predicted octanol–water partition coefficient (Wildman–Crippen LogP) is 1.33. The molecular weight excluding hydrogens is 204 g/mol. The van der Waals surface area contributed by atoms with E-state index in [4.69, 9.17) is 11.5 Å². The first-order valence-corrected chi connectivity index (χ1v) is 6.83. The lowest BCUT2D eigenvalue weighted by atomic mass is 9.98. The zero-order chi connectivity index (χ0) is 9.68. The number of hydrogen-bond donors (Lipinski definition) is 2. The Bertz CT molecular complexity index is 174. The zero-order valence-electron chi connectivity index (χ0n) is 7.57. The van der Waals surface area contributed by atoms with Crippen molar-refractivity contribution in [3.8, 4) is 0 Å². The van der Waals surface area contributed by atoms with Gasteiger partial charge in [-0.2, -0.15) is 0 Å². The standard InChI is InChI=1S/C8H16N2OS2/c9-4-2-1-3-6(8(10)11)5-7-12-13-7/h6-7H,1-5,9H2,(H2,10,11)/t6-/m1/s1. The summed E-state index contributed by atoms with van der Waals surface area (Å²) in [6.07, 6.45) is 3.86. The van der Waals surface area contributed by atoms with Gasteiger partial charge in [0.25, 0.3) is 0 Å². The Balaban J connectivity index is 2.16. The van der Waals surface area contributed by atoms with Gasteiger partial charge in [0.1, 0.15) is 0 Å². The van der Waals surface area contributed by atoms with Gasteiger partial charge in [0.2, 0.25) is 5.91 Å². The summed E-state index contributed by atoms with van der Waals surface area (Å²) >= 11 is 0. The summed E-state index contributed by atoms with van der Waals surface area (Å²) in [5.74, 6) is -0.0795. The van der Waals surface area contributed by atoms with Gasteiger partial charge in [0.05, 0.1) is 4.58 Å². The fraction of sp³-hybridized carbons (Fsp3) is 0.875. The third-order valence-corrected chi connectivity index (χ3v) is 4.36. The first-order chi connectivity index (χ1) is 6.24. The molecule has 0 spiro atoms. The van der Waals surface area contributed by atoms with Crippen LogP contribution in [0.25, 0.3) is 0 Å². The van der Waals surface area contributed by atoms with Gasteiger partial charge in [-0.15, -0.1) is 0 Å². The molecule has 3 nitrogen and oxygen atoms in total. The van der Waals surface area contributed by atoms with Crippen molar-refractivity contribution in [3.05, 3.63) is 0 Å². The highest BCUT2D eigenvalue weighted by Crippen LogP contribution is 2.56. The van der Waals surface area contributed by atoms with Crippen LogP contribution >= 0.6 is 21.6 Å². The molecule has 1 heterocycles. The first kappa shape index (κ1) is 11.2. The summed E-state index contributed by atoms with van der Waals surface area (Å²) < 4.78 is 0.621. The van der Waals surface area contributed by atoms with Gasteiger partial charge < -0.3 is 11.5 Å². The van der Waals surface area contributed by atoms with Crippen LogP contribution in [-0.4, -0.2) is 17.0 Å². The molecule has 1 aliphatic rings. The second-order valence-electron chi connectivity index (χ2n) is 3.24. The molecule has 4 N–H and O–H groups in total. The SMILES string of the molecule is NCCCC[C@H](CC1SS1)C(N)=O. The van der Waals surface area contributed by atoms with Gasteiger partial charge >= 0.3 is 0 Å². The number of carbonyl (C=O) groups excluding carboxylic acids is 1. The quantitative estimate of drug-likeness (QED) is 0.386. The number of hydrogen-bond acceptors (Lipinski definition) is 4. The summed E-state index contributed by atoms with van der Waals surface area (Å²) in [7, 11) is 3.67. The average molecular weight is 220 g/mol. The molecule has 13 heavy (non-hydrogen) atoms. The van der Waals surface area contributed by atoms with Crippen LogP contribution in [-0.2, 0) is 4.79 Å². The van der Waals surface area contributed by atoms with Gasteiger partial charge in [-0.1, -0.05) is 28.0 Å².